The molecule has 0 aliphatic heterocycles. The van der Waals surface area contributed by atoms with Crippen molar-refractivity contribution in [3.8, 4) is 0 Å². The molecule has 0 fully saturated rings. The third-order valence-corrected chi connectivity index (χ3v) is 5.26. The van der Waals surface area contributed by atoms with E-state index in [1.54, 1.807) is 0 Å². The molecule has 3 aromatic rings. The van der Waals surface area contributed by atoms with Gasteiger partial charge >= 0.3 is 0 Å². The van der Waals surface area contributed by atoms with Gasteiger partial charge in [-0.15, -0.1) is 0 Å². The number of fused-ring (bicyclic) bond motifs is 1. The summed E-state index contributed by atoms with van der Waals surface area (Å²) in [4.78, 5) is 12.6. The topological polar surface area (TPSA) is 34.0 Å². The summed E-state index contributed by atoms with van der Waals surface area (Å²) in [6.45, 7) is 5.05. The predicted molar refractivity (Wildman–Crippen MR) is 113 cm³/mol. The van der Waals surface area contributed by atoms with Crippen LogP contribution in [0.5, 0.6) is 0 Å². The van der Waals surface area contributed by atoms with Crippen LogP contribution in [0.25, 0.3) is 10.9 Å². The molecule has 1 atom stereocenters. The van der Waals surface area contributed by atoms with Crippen LogP contribution in [0.3, 0.4) is 0 Å². The first-order valence-corrected chi connectivity index (χ1v) is 9.89. The second kappa shape index (κ2) is 8.62. The third-order valence-electron chi connectivity index (χ3n) is 5.01. The summed E-state index contributed by atoms with van der Waals surface area (Å²) in [5.74, 6) is 0.659. The van der Waals surface area contributed by atoms with Crippen molar-refractivity contribution in [2.75, 3.05) is 6.54 Å². The van der Waals surface area contributed by atoms with Crippen molar-refractivity contribution in [3.05, 3.63) is 70.9 Å². The molecule has 0 aliphatic carbocycles. The average molecular weight is 383 g/mol. The molecule has 1 aromatic heterocycles. The summed E-state index contributed by atoms with van der Waals surface area (Å²) in [5.41, 5.74) is 3.45. The van der Waals surface area contributed by atoms with Crippen LogP contribution >= 0.6 is 11.6 Å². The predicted octanol–water partition coefficient (Wildman–Crippen LogP) is 5.52. The van der Waals surface area contributed by atoms with E-state index in [9.17, 15) is 4.79 Å². The number of nitrogens with one attached hydrogen (secondary N) is 1. The van der Waals surface area contributed by atoms with Gasteiger partial charge in [-0.1, -0.05) is 55.8 Å². The second-order valence-corrected chi connectivity index (χ2v) is 7.99. The van der Waals surface area contributed by atoms with Crippen molar-refractivity contribution >= 4 is 28.4 Å². The normalized spacial score (nSPS) is 12.5. The molecule has 27 heavy (non-hydrogen) atoms. The Labute approximate surface area is 166 Å². The van der Waals surface area contributed by atoms with E-state index >= 15 is 0 Å². The highest BCUT2D eigenvalue weighted by molar-refractivity contribution is 6.30. The Hall–Kier alpha value is -2.26. The summed E-state index contributed by atoms with van der Waals surface area (Å²) in [6, 6.07) is 16.2. The number of para-hydroxylation sites is 1. The number of rotatable bonds is 7. The zero-order valence-electron chi connectivity index (χ0n) is 16.2. The molecule has 0 spiro atoms. The smallest absolute Gasteiger partial charge is 0.220 e. The molecule has 0 saturated heterocycles. The molecule has 1 heterocycles. The lowest BCUT2D eigenvalue weighted by Crippen LogP contribution is -2.27. The lowest BCUT2D eigenvalue weighted by molar-refractivity contribution is -0.121. The fourth-order valence-corrected chi connectivity index (χ4v) is 3.64. The van der Waals surface area contributed by atoms with Gasteiger partial charge in [0.25, 0.3) is 0 Å². The van der Waals surface area contributed by atoms with Gasteiger partial charge in [0, 0.05) is 48.1 Å². The molecule has 3 rings (SSSR count). The summed E-state index contributed by atoms with van der Waals surface area (Å²) in [6.07, 6.45) is 3.56. The molecule has 0 bridgehead atoms. The Kier molecular flexibility index (Phi) is 6.22. The van der Waals surface area contributed by atoms with Crippen LogP contribution in [0.2, 0.25) is 5.02 Å². The minimum Gasteiger partial charge on any atom is -0.356 e. The maximum absolute atomic E-state index is 12.6. The number of amides is 1. The summed E-state index contributed by atoms with van der Waals surface area (Å²) >= 11 is 6.08. The molecule has 3 nitrogen and oxygen atoms in total. The van der Waals surface area contributed by atoms with Crippen LogP contribution in [0.1, 0.15) is 43.7 Å². The Bertz CT molecular complexity index is 912. The zero-order valence-corrected chi connectivity index (χ0v) is 17.0. The molecular weight excluding hydrogens is 356 g/mol. The van der Waals surface area contributed by atoms with E-state index in [4.69, 9.17) is 11.6 Å². The molecule has 0 saturated carbocycles. The number of halogens is 1. The average Bonchev–Trinajstić information content (AvgIpc) is 2.97. The number of benzene rings is 2. The summed E-state index contributed by atoms with van der Waals surface area (Å²) < 4.78 is 2.13. The number of aryl methyl sites for hydroxylation is 1. The van der Waals surface area contributed by atoms with E-state index in [0.29, 0.717) is 17.4 Å². The fourth-order valence-electron chi connectivity index (χ4n) is 3.51. The fraction of sp³-hybridized carbons (Fsp3) is 0.348. The van der Waals surface area contributed by atoms with Crippen LogP contribution in [0.15, 0.2) is 54.7 Å². The Morgan fingerprint density at radius 1 is 1.11 bits per heavy atom. The lowest BCUT2D eigenvalue weighted by atomic mass is 9.88. The molecule has 2 aromatic carbocycles. The van der Waals surface area contributed by atoms with Crippen LogP contribution < -0.4 is 5.32 Å². The summed E-state index contributed by atoms with van der Waals surface area (Å²) in [7, 11) is 2.05. The largest absolute Gasteiger partial charge is 0.356 e. The molecular formula is C23H27ClN2O. The first-order valence-electron chi connectivity index (χ1n) is 9.52. The van der Waals surface area contributed by atoms with Crippen LogP contribution in [0, 0.1) is 5.92 Å². The number of carbonyl (C=O) groups excluding carboxylic acids is 1. The van der Waals surface area contributed by atoms with E-state index in [2.05, 4.69) is 42.1 Å². The monoisotopic (exact) mass is 382 g/mol. The van der Waals surface area contributed by atoms with E-state index < -0.39 is 0 Å². The molecule has 0 unspecified atom stereocenters. The van der Waals surface area contributed by atoms with Crippen molar-refractivity contribution in [1.29, 1.82) is 0 Å². The van der Waals surface area contributed by atoms with Gasteiger partial charge < -0.3 is 9.88 Å². The molecule has 0 radical (unpaired) electrons. The highest BCUT2D eigenvalue weighted by Crippen LogP contribution is 2.34. The Morgan fingerprint density at radius 2 is 1.81 bits per heavy atom. The highest BCUT2D eigenvalue weighted by atomic mass is 35.5. The van der Waals surface area contributed by atoms with E-state index in [0.717, 1.165) is 18.5 Å². The summed E-state index contributed by atoms with van der Waals surface area (Å²) in [5, 5.41) is 4.97. The number of nitrogens with zero attached hydrogens (tertiary/aromatic N) is 1. The van der Waals surface area contributed by atoms with Gasteiger partial charge in [0.15, 0.2) is 0 Å². The lowest BCUT2D eigenvalue weighted by Gasteiger charge is -2.18. The second-order valence-electron chi connectivity index (χ2n) is 7.55. The van der Waals surface area contributed by atoms with Crippen LogP contribution in [-0.4, -0.2) is 17.0 Å². The first-order chi connectivity index (χ1) is 13.0. The van der Waals surface area contributed by atoms with Gasteiger partial charge in [-0.05, 0) is 41.7 Å². The number of hydrogen-bond donors (Lipinski definition) is 1. The van der Waals surface area contributed by atoms with Gasteiger partial charge in [0.2, 0.25) is 5.91 Å². The van der Waals surface area contributed by atoms with Crippen LogP contribution in [0.4, 0.5) is 0 Å². The van der Waals surface area contributed by atoms with Crippen molar-refractivity contribution in [2.24, 2.45) is 13.0 Å². The first kappa shape index (κ1) is 19.5. The van der Waals surface area contributed by atoms with Gasteiger partial charge in [-0.2, -0.15) is 0 Å². The highest BCUT2D eigenvalue weighted by Gasteiger charge is 2.22. The molecule has 1 N–H and O–H groups in total. The van der Waals surface area contributed by atoms with E-state index in [1.165, 1.54) is 16.5 Å². The van der Waals surface area contributed by atoms with Crippen molar-refractivity contribution < 1.29 is 4.79 Å². The zero-order chi connectivity index (χ0) is 19.4. The molecule has 142 valence electrons. The third kappa shape index (κ3) is 4.72. The number of carbonyl (C=O) groups is 1. The van der Waals surface area contributed by atoms with E-state index in [-0.39, 0.29) is 11.8 Å². The Morgan fingerprint density at radius 3 is 2.52 bits per heavy atom. The Balaban J connectivity index is 1.92. The number of aromatic nitrogens is 1. The van der Waals surface area contributed by atoms with Crippen molar-refractivity contribution in [1.82, 2.24) is 9.88 Å². The van der Waals surface area contributed by atoms with Gasteiger partial charge in [0.05, 0.1) is 0 Å². The maximum Gasteiger partial charge on any atom is 0.220 e. The van der Waals surface area contributed by atoms with Gasteiger partial charge in [0.1, 0.15) is 0 Å². The molecule has 0 aliphatic rings. The number of hydrogen-bond acceptors (Lipinski definition) is 1. The molecule has 4 heteroatoms. The minimum absolute atomic E-state index is 0.00702. The van der Waals surface area contributed by atoms with E-state index in [1.807, 2.05) is 43.4 Å². The minimum atomic E-state index is -0.00702. The van der Waals surface area contributed by atoms with Gasteiger partial charge in [-0.25, -0.2) is 0 Å². The van der Waals surface area contributed by atoms with Crippen molar-refractivity contribution in [3.63, 3.8) is 0 Å². The van der Waals surface area contributed by atoms with Crippen LogP contribution in [-0.2, 0) is 11.8 Å². The standard InChI is InChI=1S/C23H27ClN2O/c1-16(2)12-13-25-23(27)14-20(17-8-10-18(24)11-9-17)21-15-26(3)22-7-5-4-6-19(21)22/h4-11,15-16,20H,12-14H2,1-3H3,(H,25,27)/t20-/m1/s1. The SMILES string of the molecule is CC(C)CCNC(=O)C[C@H](c1ccc(Cl)cc1)c1cn(C)c2ccccc12. The van der Waals surface area contributed by atoms with Crippen molar-refractivity contribution in [2.45, 2.75) is 32.6 Å². The maximum atomic E-state index is 12.6. The quantitative estimate of drug-likeness (QED) is 0.573. The van der Waals surface area contributed by atoms with Gasteiger partial charge in [-0.3, -0.25) is 4.79 Å². The molecule has 1 amide bonds.